The fourth-order valence-electron chi connectivity index (χ4n) is 1.91. The lowest BCUT2D eigenvalue weighted by molar-refractivity contribution is 0.0694. The average molecular weight is 243 g/mol. The summed E-state index contributed by atoms with van der Waals surface area (Å²) in [5.74, 6) is -1.20. The van der Waals surface area contributed by atoms with Crippen molar-refractivity contribution in [1.29, 1.82) is 0 Å². The number of carboxylic acid groups (broad SMARTS) is 1. The van der Waals surface area contributed by atoms with Crippen molar-refractivity contribution in [3.05, 3.63) is 58.0 Å². The molecule has 0 spiro atoms. The fourth-order valence-corrected chi connectivity index (χ4v) is 1.91. The van der Waals surface area contributed by atoms with Gasteiger partial charge in [0.25, 0.3) is 5.56 Å². The van der Waals surface area contributed by atoms with Crippen molar-refractivity contribution < 1.29 is 9.90 Å². The largest absolute Gasteiger partial charge is 0.477 e. The Morgan fingerprint density at radius 3 is 2.56 bits per heavy atom. The molecule has 4 nitrogen and oxygen atoms in total. The molecule has 1 aromatic carbocycles. The van der Waals surface area contributed by atoms with Crippen LogP contribution in [0.4, 0.5) is 0 Å². The van der Waals surface area contributed by atoms with Crippen molar-refractivity contribution in [1.82, 2.24) is 4.57 Å². The van der Waals surface area contributed by atoms with Crippen LogP contribution in [0.1, 0.15) is 15.9 Å². The molecule has 1 N–H and O–H groups in total. The Balaban J connectivity index is 2.71. The highest BCUT2D eigenvalue weighted by Gasteiger charge is 2.13. The van der Waals surface area contributed by atoms with Gasteiger partial charge in [-0.25, -0.2) is 4.79 Å². The van der Waals surface area contributed by atoms with E-state index in [9.17, 15) is 9.59 Å². The SMILES string of the molecule is Cc1ccccc1-c1cc(C(=O)O)c(=O)n(C)c1. The lowest BCUT2D eigenvalue weighted by Crippen LogP contribution is -2.23. The Morgan fingerprint density at radius 2 is 1.94 bits per heavy atom. The highest BCUT2D eigenvalue weighted by molar-refractivity contribution is 5.89. The Labute approximate surface area is 104 Å². The number of hydrogen-bond acceptors (Lipinski definition) is 2. The summed E-state index contributed by atoms with van der Waals surface area (Å²) >= 11 is 0. The summed E-state index contributed by atoms with van der Waals surface area (Å²) in [7, 11) is 1.55. The van der Waals surface area contributed by atoms with Crippen LogP contribution in [0.5, 0.6) is 0 Å². The van der Waals surface area contributed by atoms with E-state index in [-0.39, 0.29) is 5.56 Å². The maximum atomic E-state index is 11.7. The molecule has 0 saturated carbocycles. The number of carboxylic acids is 1. The zero-order valence-electron chi connectivity index (χ0n) is 10.2. The quantitative estimate of drug-likeness (QED) is 0.878. The zero-order chi connectivity index (χ0) is 13.3. The van der Waals surface area contributed by atoms with Crippen LogP contribution in [0.15, 0.2) is 41.3 Å². The van der Waals surface area contributed by atoms with E-state index in [2.05, 4.69) is 0 Å². The molecule has 0 radical (unpaired) electrons. The maximum absolute atomic E-state index is 11.7. The molecule has 0 aliphatic rings. The van der Waals surface area contributed by atoms with Gasteiger partial charge in [-0.15, -0.1) is 0 Å². The second kappa shape index (κ2) is 4.49. The van der Waals surface area contributed by atoms with E-state index < -0.39 is 11.5 Å². The molecule has 4 heteroatoms. The molecule has 0 saturated heterocycles. The van der Waals surface area contributed by atoms with Gasteiger partial charge in [0.15, 0.2) is 0 Å². The number of aromatic carboxylic acids is 1. The van der Waals surface area contributed by atoms with E-state index in [1.54, 1.807) is 13.2 Å². The summed E-state index contributed by atoms with van der Waals surface area (Å²) in [4.78, 5) is 22.7. The molecule has 0 aliphatic heterocycles. The van der Waals surface area contributed by atoms with Gasteiger partial charge in [-0.2, -0.15) is 0 Å². The van der Waals surface area contributed by atoms with Crippen LogP contribution in [0, 0.1) is 6.92 Å². The smallest absolute Gasteiger partial charge is 0.341 e. The van der Waals surface area contributed by atoms with Crippen molar-refractivity contribution in [2.75, 3.05) is 0 Å². The van der Waals surface area contributed by atoms with Crippen LogP contribution in [-0.2, 0) is 7.05 Å². The van der Waals surface area contributed by atoms with Gasteiger partial charge < -0.3 is 9.67 Å². The van der Waals surface area contributed by atoms with Crippen LogP contribution in [0.3, 0.4) is 0 Å². The van der Waals surface area contributed by atoms with Crippen molar-refractivity contribution in [2.24, 2.45) is 7.05 Å². The molecular formula is C14H13NO3. The summed E-state index contributed by atoms with van der Waals surface area (Å²) in [6, 6.07) is 9.07. The number of nitrogens with zero attached hydrogens (tertiary/aromatic N) is 1. The van der Waals surface area contributed by atoms with Crippen molar-refractivity contribution in [2.45, 2.75) is 6.92 Å². The number of aromatic nitrogens is 1. The maximum Gasteiger partial charge on any atom is 0.341 e. The number of aryl methyl sites for hydroxylation is 2. The molecule has 0 fully saturated rings. The third-order valence-electron chi connectivity index (χ3n) is 2.87. The molecule has 1 heterocycles. The van der Waals surface area contributed by atoms with Crippen molar-refractivity contribution in [3.63, 3.8) is 0 Å². The van der Waals surface area contributed by atoms with E-state index >= 15 is 0 Å². The first-order valence-corrected chi connectivity index (χ1v) is 5.50. The first-order chi connectivity index (χ1) is 8.50. The summed E-state index contributed by atoms with van der Waals surface area (Å²) < 4.78 is 1.30. The molecule has 0 aliphatic carbocycles. The second-order valence-electron chi connectivity index (χ2n) is 4.18. The zero-order valence-corrected chi connectivity index (χ0v) is 10.2. The van der Waals surface area contributed by atoms with Gasteiger partial charge in [-0.1, -0.05) is 24.3 Å². The number of benzene rings is 1. The third-order valence-corrected chi connectivity index (χ3v) is 2.87. The van der Waals surface area contributed by atoms with E-state index in [1.165, 1.54) is 10.6 Å². The van der Waals surface area contributed by atoms with Gasteiger partial charge >= 0.3 is 5.97 Å². The number of rotatable bonds is 2. The molecule has 2 aromatic rings. The molecule has 0 bridgehead atoms. The summed E-state index contributed by atoms with van der Waals surface area (Å²) in [6.07, 6.45) is 1.65. The van der Waals surface area contributed by atoms with E-state index in [4.69, 9.17) is 5.11 Å². The summed E-state index contributed by atoms with van der Waals surface area (Å²) in [6.45, 7) is 1.95. The predicted molar refractivity (Wildman–Crippen MR) is 68.8 cm³/mol. The average Bonchev–Trinajstić information content (AvgIpc) is 2.33. The van der Waals surface area contributed by atoms with Gasteiger partial charge in [0, 0.05) is 13.2 Å². The predicted octanol–water partition coefficient (Wildman–Crippen LogP) is 2.06. The topological polar surface area (TPSA) is 59.3 Å². The highest BCUT2D eigenvalue weighted by Crippen LogP contribution is 2.22. The number of hydrogen-bond donors (Lipinski definition) is 1. The van der Waals surface area contributed by atoms with Crippen molar-refractivity contribution in [3.8, 4) is 11.1 Å². The van der Waals surface area contributed by atoms with Crippen LogP contribution >= 0.6 is 0 Å². The van der Waals surface area contributed by atoms with Crippen LogP contribution in [0.25, 0.3) is 11.1 Å². The Bertz CT molecular complexity index is 671. The first kappa shape index (κ1) is 12.1. The molecule has 0 amide bonds. The Hall–Kier alpha value is -2.36. The minimum absolute atomic E-state index is 0.210. The lowest BCUT2D eigenvalue weighted by Gasteiger charge is -2.08. The molecule has 18 heavy (non-hydrogen) atoms. The minimum atomic E-state index is -1.20. The fraction of sp³-hybridized carbons (Fsp3) is 0.143. The lowest BCUT2D eigenvalue weighted by atomic mass is 10.0. The van der Waals surface area contributed by atoms with Crippen molar-refractivity contribution >= 4 is 5.97 Å². The molecule has 0 unspecified atom stereocenters. The monoisotopic (exact) mass is 243 g/mol. The number of pyridine rings is 1. The van der Waals surface area contributed by atoms with E-state index in [0.29, 0.717) is 0 Å². The van der Waals surface area contributed by atoms with E-state index in [1.807, 2.05) is 31.2 Å². The van der Waals surface area contributed by atoms with Gasteiger partial charge in [0.1, 0.15) is 5.56 Å². The van der Waals surface area contributed by atoms with Gasteiger partial charge in [0.05, 0.1) is 0 Å². The number of carbonyl (C=O) groups is 1. The van der Waals surface area contributed by atoms with Gasteiger partial charge in [0.2, 0.25) is 0 Å². The summed E-state index contributed by atoms with van der Waals surface area (Å²) in [5.41, 5.74) is 1.98. The molecule has 1 aromatic heterocycles. The molecule has 2 rings (SSSR count). The van der Waals surface area contributed by atoms with Gasteiger partial charge in [-0.3, -0.25) is 4.79 Å². The summed E-state index contributed by atoms with van der Waals surface area (Å²) in [5, 5.41) is 9.02. The van der Waals surface area contributed by atoms with E-state index in [0.717, 1.165) is 16.7 Å². The molecular weight excluding hydrogens is 230 g/mol. The van der Waals surface area contributed by atoms with Crippen LogP contribution < -0.4 is 5.56 Å². The Kier molecular flexibility index (Phi) is 3.02. The second-order valence-corrected chi connectivity index (χ2v) is 4.18. The minimum Gasteiger partial charge on any atom is -0.477 e. The Morgan fingerprint density at radius 1 is 1.28 bits per heavy atom. The highest BCUT2D eigenvalue weighted by atomic mass is 16.4. The molecule has 92 valence electrons. The first-order valence-electron chi connectivity index (χ1n) is 5.50. The standard InChI is InChI=1S/C14H13NO3/c1-9-5-3-4-6-11(9)10-7-12(14(17)18)13(16)15(2)8-10/h3-8H,1-2H3,(H,17,18). The normalized spacial score (nSPS) is 10.3. The third kappa shape index (κ3) is 2.05. The van der Waals surface area contributed by atoms with Crippen LogP contribution in [0.2, 0.25) is 0 Å². The van der Waals surface area contributed by atoms with Crippen LogP contribution in [-0.4, -0.2) is 15.6 Å². The molecule has 0 atom stereocenters. The van der Waals surface area contributed by atoms with Gasteiger partial charge in [-0.05, 0) is 29.7 Å².